The number of hydrogen-bond acceptors (Lipinski definition) is 3. The van der Waals surface area contributed by atoms with Gasteiger partial charge < -0.3 is 14.4 Å². The molecule has 0 bridgehead atoms. The van der Waals surface area contributed by atoms with Crippen molar-refractivity contribution in [3.63, 3.8) is 0 Å². The molecule has 4 heteroatoms. The van der Waals surface area contributed by atoms with Crippen molar-refractivity contribution in [2.24, 2.45) is 5.92 Å². The molecule has 0 saturated carbocycles. The van der Waals surface area contributed by atoms with Crippen molar-refractivity contribution in [2.45, 2.75) is 52.6 Å². The highest BCUT2D eigenvalue weighted by atomic mass is 16.6. The smallest absolute Gasteiger partial charge is 0.410 e. The molecule has 0 aromatic heterocycles. The molecule has 0 aromatic carbocycles. The lowest BCUT2D eigenvalue weighted by atomic mass is 9.89. The molecule has 2 rings (SSSR count). The van der Waals surface area contributed by atoms with Crippen LogP contribution < -0.4 is 0 Å². The third kappa shape index (κ3) is 5.45. The molecule has 0 unspecified atom stereocenters. The SMILES string of the molecule is CCOC1=CC=C(C2CCN(C(=O)OC(C)(C)C)CC2)C=CC1. The molecule has 1 fully saturated rings. The first-order valence-corrected chi connectivity index (χ1v) is 8.57. The van der Waals surface area contributed by atoms with E-state index in [0.717, 1.165) is 38.1 Å². The first kappa shape index (κ1) is 17.6. The molecule has 23 heavy (non-hydrogen) atoms. The number of allylic oxidation sites excluding steroid dienone is 5. The van der Waals surface area contributed by atoms with Gasteiger partial charge in [0.2, 0.25) is 0 Å². The predicted molar refractivity (Wildman–Crippen MR) is 92.1 cm³/mol. The first-order valence-electron chi connectivity index (χ1n) is 8.57. The molecule has 0 aromatic rings. The van der Waals surface area contributed by atoms with Crippen molar-refractivity contribution in [3.05, 3.63) is 35.6 Å². The summed E-state index contributed by atoms with van der Waals surface area (Å²) >= 11 is 0. The van der Waals surface area contributed by atoms with Gasteiger partial charge in [0, 0.05) is 19.5 Å². The molecular formula is C19H29NO3. The van der Waals surface area contributed by atoms with E-state index in [1.165, 1.54) is 5.57 Å². The van der Waals surface area contributed by atoms with Crippen LogP contribution in [0.1, 0.15) is 47.0 Å². The molecule has 0 N–H and O–H groups in total. The molecule has 128 valence electrons. The van der Waals surface area contributed by atoms with Gasteiger partial charge in [-0.15, -0.1) is 0 Å². The number of likely N-dealkylation sites (tertiary alicyclic amines) is 1. The molecule has 1 aliphatic heterocycles. The summed E-state index contributed by atoms with van der Waals surface area (Å²) in [6, 6.07) is 0. The molecular weight excluding hydrogens is 290 g/mol. The van der Waals surface area contributed by atoms with Gasteiger partial charge in [-0.2, -0.15) is 0 Å². The summed E-state index contributed by atoms with van der Waals surface area (Å²) in [5.74, 6) is 1.52. The van der Waals surface area contributed by atoms with Crippen LogP contribution in [0.15, 0.2) is 35.6 Å². The Bertz CT molecular complexity index is 503. The van der Waals surface area contributed by atoms with Gasteiger partial charge in [-0.25, -0.2) is 4.79 Å². The maximum Gasteiger partial charge on any atom is 0.410 e. The Labute approximate surface area is 139 Å². The van der Waals surface area contributed by atoms with Crippen LogP contribution in [-0.2, 0) is 9.47 Å². The van der Waals surface area contributed by atoms with Crippen LogP contribution in [0.3, 0.4) is 0 Å². The van der Waals surface area contributed by atoms with E-state index in [9.17, 15) is 4.79 Å². The fraction of sp³-hybridized carbons (Fsp3) is 0.632. The maximum absolute atomic E-state index is 12.1. The molecule has 0 radical (unpaired) electrons. The van der Waals surface area contributed by atoms with Gasteiger partial charge in [-0.1, -0.05) is 18.2 Å². The lowest BCUT2D eigenvalue weighted by Gasteiger charge is -2.33. The van der Waals surface area contributed by atoms with Gasteiger partial charge in [0.1, 0.15) is 5.60 Å². The topological polar surface area (TPSA) is 38.8 Å². The van der Waals surface area contributed by atoms with Gasteiger partial charge in [-0.3, -0.25) is 0 Å². The maximum atomic E-state index is 12.1. The molecule has 1 saturated heterocycles. The average molecular weight is 319 g/mol. The second kappa shape index (κ2) is 7.71. The molecule has 0 atom stereocenters. The van der Waals surface area contributed by atoms with E-state index in [1.54, 1.807) is 0 Å². The van der Waals surface area contributed by atoms with Crippen LogP contribution in [0, 0.1) is 5.92 Å². The number of piperidine rings is 1. The highest BCUT2D eigenvalue weighted by molar-refractivity contribution is 5.68. The largest absolute Gasteiger partial charge is 0.498 e. The van der Waals surface area contributed by atoms with Crippen LogP contribution in [0.2, 0.25) is 0 Å². The normalized spacial score (nSPS) is 19.7. The molecule has 4 nitrogen and oxygen atoms in total. The molecule has 1 heterocycles. The molecule has 2 aliphatic rings. The fourth-order valence-electron chi connectivity index (χ4n) is 2.91. The summed E-state index contributed by atoms with van der Waals surface area (Å²) in [4.78, 5) is 13.9. The number of nitrogens with zero attached hydrogens (tertiary/aromatic N) is 1. The second-order valence-electron chi connectivity index (χ2n) is 7.08. The van der Waals surface area contributed by atoms with Crippen molar-refractivity contribution in [3.8, 4) is 0 Å². The summed E-state index contributed by atoms with van der Waals surface area (Å²) < 4.78 is 11.0. The first-order chi connectivity index (χ1) is 10.9. The summed E-state index contributed by atoms with van der Waals surface area (Å²) in [6.07, 6.45) is 11.2. The van der Waals surface area contributed by atoms with Crippen LogP contribution in [0.5, 0.6) is 0 Å². The Morgan fingerprint density at radius 2 is 1.96 bits per heavy atom. The van der Waals surface area contributed by atoms with Gasteiger partial charge >= 0.3 is 6.09 Å². The van der Waals surface area contributed by atoms with E-state index < -0.39 is 5.60 Å². The number of ether oxygens (including phenoxy) is 2. The van der Waals surface area contributed by atoms with Crippen LogP contribution in [0.4, 0.5) is 4.79 Å². The van der Waals surface area contributed by atoms with Crippen molar-refractivity contribution >= 4 is 6.09 Å². The highest BCUT2D eigenvalue weighted by Crippen LogP contribution is 2.28. The Kier molecular flexibility index (Phi) is 5.91. The van der Waals surface area contributed by atoms with E-state index in [-0.39, 0.29) is 6.09 Å². The number of amides is 1. The molecule has 1 aliphatic carbocycles. The minimum absolute atomic E-state index is 0.195. The zero-order valence-electron chi connectivity index (χ0n) is 14.8. The number of carbonyl (C=O) groups is 1. The Balaban J connectivity index is 1.90. The summed E-state index contributed by atoms with van der Waals surface area (Å²) in [5, 5.41) is 0. The Morgan fingerprint density at radius 1 is 1.26 bits per heavy atom. The average Bonchev–Trinajstić information content (AvgIpc) is 2.72. The number of rotatable bonds is 3. The number of carbonyl (C=O) groups excluding carboxylic acids is 1. The molecule has 1 amide bonds. The van der Waals surface area contributed by atoms with Crippen LogP contribution in [-0.4, -0.2) is 36.3 Å². The van der Waals surface area contributed by atoms with Gasteiger partial charge in [-0.05, 0) is 58.1 Å². The van der Waals surface area contributed by atoms with Crippen molar-refractivity contribution in [2.75, 3.05) is 19.7 Å². The van der Waals surface area contributed by atoms with Crippen LogP contribution in [0.25, 0.3) is 0 Å². The standard InChI is InChI=1S/C19H29NO3/c1-5-22-17-8-6-7-15(9-10-17)16-11-13-20(14-12-16)18(21)23-19(2,3)4/h6-7,9-10,16H,5,8,11-14H2,1-4H3. The zero-order valence-corrected chi connectivity index (χ0v) is 14.8. The molecule has 0 spiro atoms. The summed E-state index contributed by atoms with van der Waals surface area (Å²) in [5.41, 5.74) is 0.907. The third-order valence-electron chi connectivity index (χ3n) is 4.04. The van der Waals surface area contributed by atoms with E-state index in [4.69, 9.17) is 9.47 Å². The second-order valence-corrected chi connectivity index (χ2v) is 7.08. The minimum atomic E-state index is -0.430. The Hall–Kier alpha value is -1.71. The highest BCUT2D eigenvalue weighted by Gasteiger charge is 2.27. The predicted octanol–water partition coefficient (Wildman–Crippen LogP) is 4.44. The van der Waals surface area contributed by atoms with E-state index in [2.05, 4.69) is 24.3 Å². The zero-order chi connectivity index (χ0) is 16.9. The fourth-order valence-corrected chi connectivity index (χ4v) is 2.91. The van der Waals surface area contributed by atoms with Crippen molar-refractivity contribution in [1.82, 2.24) is 4.90 Å². The minimum Gasteiger partial charge on any atom is -0.498 e. The van der Waals surface area contributed by atoms with Gasteiger partial charge in [0.05, 0.1) is 12.4 Å². The summed E-state index contributed by atoms with van der Waals surface area (Å²) in [7, 11) is 0. The quantitative estimate of drug-likeness (QED) is 0.772. The van der Waals surface area contributed by atoms with E-state index in [1.807, 2.05) is 32.6 Å². The van der Waals surface area contributed by atoms with Crippen LogP contribution >= 0.6 is 0 Å². The van der Waals surface area contributed by atoms with Gasteiger partial charge in [0.15, 0.2) is 0 Å². The van der Waals surface area contributed by atoms with E-state index >= 15 is 0 Å². The Morgan fingerprint density at radius 3 is 2.57 bits per heavy atom. The van der Waals surface area contributed by atoms with Crippen molar-refractivity contribution < 1.29 is 14.3 Å². The third-order valence-corrected chi connectivity index (χ3v) is 4.04. The lowest BCUT2D eigenvalue weighted by molar-refractivity contribution is 0.0195. The monoisotopic (exact) mass is 319 g/mol. The number of hydrogen-bond donors (Lipinski definition) is 0. The summed E-state index contributed by atoms with van der Waals surface area (Å²) in [6.45, 7) is 9.94. The lowest BCUT2D eigenvalue weighted by Crippen LogP contribution is -2.41. The van der Waals surface area contributed by atoms with Gasteiger partial charge in [0.25, 0.3) is 0 Å². The van der Waals surface area contributed by atoms with Crippen molar-refractivity contribution in [1.29, 1.82) is 0 Å². The van der Waals surface area contributed by atoms with E-state index in [0.29, 0.717) is 12.5 Å².